The van der Waals surface area contributed by atoms with Crippen LogP contribution in [-0.2, 0) is 22.4 Å². The lowest BCUT2D eigenvalue weighted by Gasteiger charge is -2.22. The average Bonchev–Trinajstić information content (AvgIpc) is 3.02. The van der Waals surface area contributed by atoms with Crippen molar-refractivity contribution in [2.45, 2.75) is 45.4 Å². The smallest absolute Gasteiger partial charge is 0.226 e. The lowest BCUT2D eigenvalue weighted by molar-refractivity contribution is -0.133. The zero-order valence-corrected chi connectivity index (χ0v) is 17.8. The lowest BCUT2D eigenvalue weighted by atomic mass is 10.1. The van der Waals surface area contributed by atoms with Crippen LogP contribution in [0.5, 0.6) is 5.75 Å². The van der Waals surface area contributed by atoms with Crippen molar-refractivity contribution in [3.8, 4) is 5.75 Å². The SMILES string of the molecule is COc1ccc(CCC(=O)N2CCCN(C(=O)CCCc3nc(C)no3)CC2)cc1. The summed E-state index contributed by atoms with van der Waals surface area (Å²) in [6.07, 6.45) is 3.73. The largest absolute Gasteiger partial charge is 0.497 e. The number of amides is 2. The summed E-state index contributed by atoms with van der Waals surface area (Å²) < 4.78 is 10.2. The molecule has 8 nitrogen and oxygen atoms in total. The van der Waals surface area contributed by atoms with Gasteiger partial charge in [-0.2, -0.15) is 4.98 Å². The zero-order chi connectivity index (χ0) is 21.3. The first-order valence-corrected chi connectivity index (χ1v) is 10.5. The Balaban J connectivity index is 1.39. The first kappa shape index (κ1) is 21.8. The van der Waals surface area contributed by atoms with Crippen molar-refractivity contribution in [2.24, 2.45) is 0 Å². The Kier molecular flexibility index (Phi) is 7.82. The Bertz CT molecular complexity index is 834. The fourth-order valence-corrected chi connectivity index (χ4v) is 3.61. The second kappa shape index (κ2) is 10.8. The highest BCUT2D eigenvalue weighted by Gasteiger charge is 2.21. The molecule has 0 N–H and O–H groups in total. The van der Waals surface area contributed by atoms with Crippen LogP contribution in [0.25, 0.3) is 0 Å². The lowest BCUT2D eigenvalue weighted by Crippen LogP contribution is -2.37. The molecule has 1 fully saturated rings. The Labute approximate surface area is 177 Å². The van der Waals surface area contributed by atoms with Gasteiger partial charge in [0.2, 0.25) is 17.7 Å². The molecule has 8 heteroatoms. The molecule has 0 spiro atoms. The molecule has 0 radical (unpaired) electrons. The fraction of sp³-hybridized carbons (Fsp3) is 0.545. The highest BCUT2D eigenvalue weighted by atomic mass is 16.5. The van der Waals surface area contributed by atoms with Gasteiger partial charge in [-0.05, 0) is 43.9 Å². The minimum atomic E-state index is 0.124. The third-order valence-corrected chi connectivity index (χ3v) is 5.34. The predicted octanol–water partition coefficient (Wildman–Crippen LogP) is 2.40. The van der Waals surface area contributed by atoms with E-state index in [1.165, 1.54) is 0 Å². The van der Waals surface area contributed by atoms with Crippen molar-refractivity contribution < 1.29 is 18.8 Å². The molecular weight excluding hydrogens is 384 g/mol. The van der Waals surface area contributed by atoms with Gasteiger partial charge in [0.15, 0.2) is 5.82 Å². The van der Waals surface area contributed by atoms with E-state index in [1.54, 1.807) is 14.0 Å². The summed E-state index contributed by atoms with van der Waals surface area (Å²) in [4.78, 5) is 33.1. The Morgan fingerprint density at radius 2 is 1.67 bits per heavy atom. The first-order valence-electron chi connectivity index (χ1n) is 10.5. The maximum Gasteiger partial charge on any atom is 0.226 e. The number of rotatable bonds is 8. The van der Waals surface area contributed by atoms with E-state index in [9.17, 15) is 9.59 Å². The van der Waals surface area contributed by atoms with Crippen LogP contribution in [0.15, 0.2) is 28.8 Å². The molecule has 1 aliphatic heterocycles. The molecule has 2 aromatic rings. The van der Waals surface area contributed by atoms with Crippen LogP contribution in [0.1, 0.15) is 43.0 Å². The van der Waals surface area contributed by atoms with Crippen LogP contribution in [-0.4, -0.2) is 65.0 Å². The number of nitrogens with zero attached hydrogens (tertiary/aromatic N) is 4. The molecule has 2 amide bonds. The highest BCUT2D eigenvalue weighted by molar-refractivity contribution is 5.78. The summed E-state index contributed by atoms with van der Waals surface area (Å²) in [6, 6.07) is 7.80. The van der Waals surface area contributed by atoms with Gasteiger partial charge in [0, 0.05) is 45.4 Å². The van der Waals surface area contributed by atoms with Crippen LogP contribution in [0, 0.1) is 6.92 Å². The number of carbonyl (C=O) groups excluding carboxylic acids is 2. The molecule has 2 heterocycles. The Morgan fingerprint density at radius 3 is 2.27 bits per heavy atom. The van der Waals surface area contributed by atoms with Gasteiger partial charge < -0.3 is 19.1 Å². The summed E-state index contributed by atoms with van der Waals surface area (Å²) in [6.45, 7) is 4.36. The maximum absolute atomic E-state index is 12.6. The van der Waals surface area contributed by atoms with Crippen LogP contribution in [0.4, 0.5) is 0 Å². The molecule has 1 saturated heterocycles. The van der Waals surface area contributed by atoms with E-state index in [-0.39, 0.29) is 11.8 Å². The number of ether oxygens (including phenoxy) is 1. The first-order chi connectivity index (χ1) is 14.5. The molecule has 1 aromatic carbocycles. The van der Waals surface area contributed by atoms with Crippen molar-refractivity contribution >= 4 is 11.8 Å². The standard InChI is InChI=1S/C22H30N4O4/c1-17-23-20(30-24-17)5-3-6-21(27)25-13-4-14-26(16-15-25)22(28)12-9-18-7-10-19(29-2)11-8-18/h7-8,10-11H,3-6,9,12-16H2,1-2H3. The average molecular weight is 415 g/mol. The van der Waals surface area contributed by atoms with Crippen LogP contribution in [0.2, 0.25) is 0 Å². The maximum atomic E-state index is 12.6. The van der Waals surface area contributed by atoms with E-state index in [2.05, 4.69) is 10.1 Å². The van der Waals surface area contributed by atoms with Crippen molar-refractivity contribution in [3.63, 3.8) is 0 Å². The van der Waals surface area contributed by atoms with Crippen LogP contribution < -0.4 is 4.74 Å². The highest BCUT2D eigenvalue weighted by Crippen LogP contribution is 2.14. The molecule has 1 aromatic heterocycles. The number of aryl methyl sites for hydroxylation is 3. The number of carbonyl (C=O) groups is 2. The molecule has 0 bridgehead atoms. The topological polar surface area (TPSA) is 88.8 Å². The van der Waals surface area contributed by atoms with Gasteiger partial charge >= 0.3 is 0 Å². The van der Waals surface area contributed by atoms with Crippen molar-refractivity contribution in [1.82, 2.24) is 19.9 Å². The summed E-state index contributed by atoms with van der Waals surface area (Å²) in [7, 11) is 1.64. The quantitative estimate of drug-likeness (QED) is 0.659. The third kappa shape index (κ3) is 6.30. The Hall–Kier alpha value is -2.90. The van der Waals surface area contributed by atoms with Crippen molar-refractivity contribution in [1.29, 1.82) is 0 Å². The van der Waals surface area contributed by atoms with Gasteiger partial charge in [0.05, 0.1) is 7.11 Å². The minimum absolute atomic E-state index is 0.124. The minimum Gasteiger partial charge on any atom is -0.497 e. The summed E-state index contributed by atoms with van der Waals surface area (Å²) in [5, 5.41) is 3.76. The number of methoxy groups -OCH3 is 1. The summed E-state index contributed by atoms with van der Waals surface area (Å²) in [5.41, 5.74) is 1.12. The summed E-state index contributed by atoms with van der Waals surface area (Å²) in [5.74, 6) is 2.27. The van der Waals surface area contributed by atoms with E-state index < -0.39 is 0 Å². The van der Waals surface area contributed by atoms with E-state index in [4.69, 9.17) is 9.26 Å². The molecule has 0 unspecified atom stereocenters. The van der Waals surface area contributed by atoms with Crippen LogP contribution >= 0.6 is 0 Å². The van der Waals surface area contributed by atoms with Gasteiger partial charge in [-0.1, -0.05) is 17.3 Å². The second-order valence-electron chi connectivity index (χ2n) is 7.55. The molecule has 162 valence electrons. The van der Waals surface area contributed by atoms with E-state index in [0.717, 1.165) is 17.7 Å². The van der Waals surface area contributed by atoms with E-state index >= 15 is 0 Å². The van der Waals surface area contributed by atoms with E-state index in [0.29, 0.717) is 70.0 Å². The third-order valence-electron chi connectivity index (χ3n) is 5.34. The molecule has 3 rings (SSSR count). The van der Waals surface area contributed by atoms with Gasteiger partial charge in [0.25, 0.3) is 0 Å². The van der Waals surface area contributed by atoms with Gasteiger partial charge in [-0.25, -0.2) is 0 Å². The number of hydrogen-bond donors (Lipinski definition) is 0. The van der Waals surface area contributed by atoms with Crippen molar-refractivity contribution in [2.75, 3.05) is 33.3 Å². The second-order valence-corrected chi connectivity index (χ2v) is 7.55. The summed E-state index contributed by atoms with van der Waals surface area (Å²) >= 11 is 0. The van der Waals surface area contributed by atoms with Crippen molar-refractivity contribution in [3.05, 3.63) is 41.5 Å². The number of benzene rings is 1. The van der Waals surface area contributed by atoms with Crippen LogP contribution in [0.3, 0.4) is 0 Å². The monoisotopic (exact) mass is 414 g/mol. The molecule has 0 aliphatic carbocycles. The van der Waals surface area contributed by atoms with Gasteiger partial charge in [-0.3, -0.25) is 9.59 Å². The molecule has 0 saturated carbocycles. The normalized spacial score (nSPS) is 14.5. The number of aromatic nitrogens is 2. The fourth-order valence-electron chi connectivity index (χ4n) is 3.61. The molecule has 1 aliphatic rings. The van der Waals surface area contributed by atoms with Gasteiger partial charge in [0.1, 0.15) is 5.75 Å². The predicted molar refractivity (Wildman–Crippen MR) is 111 cm³/mol. The zero-order valence-electron chi connectivity index (χ0n) is 17.8. The molecule has 30 heavy (non-hydrogen) atoms. The van der Waals surface area contributed by atoms with Gasteiger partial charge in [-0.15, -0.1) is 0 Å². The number of hydrogen-bond acceptors (Lipinski definition) is 6. The van der Waals surface area contributed by atoms with E-state index in [1.807, 2.05) is 34.1 Å². The Morgan fingerprint density at radius 1 is 1.00 bits per heavy atom. The molecular formula is C22H30N4O4. The molecule has 0 atom stereocenters.